The second-order valence-electron chi connectivity index (χ2n) is 8.50. The van der Waals surface area contributed by atoms with Crippen LogP contribution in [-0.2, 0) is 4.74 Å². The van der Waals surface area contributed by atoms with E-state index in [1.807, 2.05) is 12.1 Å². The SMILES string of the molecule is CCC(CC)CCCOC1CCC(C(=O)c2cc(C)c(Br)c(C)c2)C(C)C1. The molecule has 1 saturated carbocycles. The molecular weight excluding hydrogens is 400 g/mol. The Balaban J connectivity index is 1.85. The summed E-state index contributed by atoms with van der Waals surface area (Å²) < 4.78 is 7.27. The highest BCUT2D eigenvalue weighted by atomic mass is 79.9. The van der Waals surface area contributed by atoms with Gasteiger partial charge < -0.3 is 4.74 Å². The summed E-state index contributed by atoms with van der Waals surface area (Å²) in [7, 11) is 0. The Morgan fingerprint density at radius 1 is 1.19 bits per heavy atom. The third kappa shape index (κ3) is 6.15. The molecule has 3 unspecified atom stereocenters. The molecule has 1 fully saturated rings. The van der Waals surface area contributed by atoms with Gasteiger partial charge in [0.2, 0.25) is 0 Å². The number of carbonyl (C=O) groups is 1. The van der Waals surface area contributed by atoms with Gasteiger partial charge in [0, 0.05) is 22.6 Å². The number of rotatable bonds is 9. The van der Waals surface area contributed by atoms with E-state index in [1.165, 1.54) is 19.3 Å². The van der Waals surface area contributed by atoms with Gasteiger partial charge in [-0.1, -0.05) is 49.5 Å². The van der Waals surface area contributed by atoms with Crippen molar-refractivity contribution in [3.05, 3.63) is 33.3 Å². The molecule has 0 aliphatic heterocycles. The molecule has 3 heteroatoms. The van der Waals surface area contributed by atoms with Crippen LogP contribution in [0.25, 0.3) is 0 Å². The van der Waals surface area contributed by atoms with Gasteiger partial charge in [-0.25, -0.2) is 0 Å². The van der Waals surface area contributed by atoms with Gasteiger partial charge in [0.05, 0.1) is 6.10 Å². The van der Waals surface area contributed by atoms with E-state index < -0.39 is 0 Å². The van der Waals surface area contributed by atoms with Crippen LogP contribution in [0.2, 0.25) is 0 Å². The fourth-order valence-electron chi connectivity index (χ4n) is 4.51. The molecular formula is C24H37BrO2. The van der Waals surface area contributed by atoms with Crippen LogP contribution in [0.5, 0.6) is 0 Å². The topological polar surface area (TPSA) is 26.3 Å². The fraction of sp³-hybridized carbons (Fsp3) is 0.708. The number of ketones is 1. The molecule has 0 amide bonds. The fourth-order valence-corrected chi connectivity index (χ4v) is 4.74. The summed E-state index contributed by atoms with van der Waals surface area (Å²) in [6.45, 7) is 11.8. The summed E-state index contributed by atoms with van der Waals surface area (Å²) in [5, 5.41) is 0. The van der Waals surface area contributed by atoms with Crippen molar-refractivity contribution in [1.82, 2.24) is 0 Å². The van der Waals surface area contributed by atoms with Gasteiger partial charge in [0.1, 0.15) is 0 Å². The summed E-state index contributed by atoms with van der Waals surface area (Å²) in [6, 6.07) is 4.07. The summed E-state index contributed by atoms with van der Waals surface area (Å²) in [6.07, 6.45) is 8.29. The summed E-state index contributed by atoms with van der Waals surface area (Å²) >= 11 is 3.60. The normalized spacial score (nSPS) is 23.0. The number of hydrogen-bond donors (Lipinski definition) is 0. The molecule has 1 aromatic rings. The number of ether oxygens (including phenoxy) is 1. The summed E-state index contributed by atoms with van der Waals surface area (Å²) in [5.41, 5.74) is 3.15. The predicted molar refractivity (Wildman–Crippen MR) is 117 cm³/mol. The molecule has 3 atom stereocenters. The van der Waals surface area contributed by atoms with Crippen LogP contribution in [0.15, 0.2) is 16.6 Å². The Morgan fingerprint density at radius 2 is 1.81 bits per heavy atom. The van der Waals surface area contributed by atoms with Crippen molar-refractivity contribution >= 4 is 21.7 Å². The predicted octanol–water partition coefficient (Wildman–Crippen LogP) is 7.29. The van der Waals surface area contributed by atoms with E-state index in [0.29, 0.717) is 17.8 Å². The first-order valence-corrected chi connectivity index (χ1v) is 11.6. The Bertz CT molecular complexity index is 598. The van der Waals surface area contributed by atoms with Crippen LogP contribution in [0.3, 0.4) is 0 Å². The number of carbonyl (C=O) groups excluding carboxylic acids is 1. The van der Waals surface area contributed by atoms with Crippen LogP contribution >= 0.6 is 15.9 Å². The van der Waals surface area contributed by atoms with Crippen LogP contribution < -0.4 is 0 Å². The van der Waals surface area contributed by atoms with Crippen LogP contribution in [0.1, 0.15) is 87.2 Å². The van der Waals surface area contributed by atoms with E-state index in [0.717, 1.165) is 59.4 Å². The smallest absolute Gasteiger partial charge is 0.166 e. The van der Waals surface area contributed by atoms with Crippen LogP contribution in [0.4, 0.5) is 0 Å². The first-order valence-electron chi connectivity index (χ1n) is 10.8. The number of benzene rings is 1. The quantitative estimate of drug-likeness (QED) is 0.300. The maximum Gasteiger partial charge on any atom is 0.166 e. The zero-order valence-electron chi connectivity index (χ0n) is 17.8. The van der Waals surface area contributed by atoms with Crippen molar-refractivity contribution in [2.45, 2.75) is 85.7 Å². The van der Waals surface area contributed by atoms with Gasteiger partial charge in [0.15, 0.2) is 5.78 Å². The first-order chi connectivity index (χ1) is 12.9. The third-order valence-electron chi connectivity index (χ3n) is 6.44. The Morgan fingerprint density at radius 3 is 2.37 bits per heavy atom. The van der Waals surface area contributed by atoms with Gasteiger partial charge in [-0.2, -0.15) is 0 Å². The molecule has 152 valence electrons. The lowest BCUT2D eigenvalue weighted by Gasteiger charge is -2.33. The lowest BCUT2D eigenvalue weighted by Crippen LogP contribution is -2.33. The lowest BCUT2D eigenvalue weighted by molar-refractivity contribution is -0.000312. The Labute approximate surface area is 174 Å². The molecule has 0 radical (unpaired) electrons. The van der Waals surface area contributed by atoms with E-state index in [9.17, 15) is 4.79 Å². The first kappa shape index (κ1) is 22.6. The molecule has 1 aliphatic carbocycles. The Hall–Kier alpha value is -0.670. The average molecular weight is 437 g/mol. The van der Waals surface area contributed by atoms with Gasteiger partial charge in [-0.15, -0.1) is 0 Å². The molecule has 0 aromatic heterocycles. The molecule has 27 heavy (non-hydrogen) atoms. The van der Waals surface area contributed by atoms with Gasteiger partial charge >= 0.3 is 0 Å². The molecule has 0 N–H and O–H groups in total. The molecule has 2 rings (SSSR count). The largest absolute Gasteiger partial charge is 0.378 e. The van der Waals surface area contributed by atoms with Crippen molar-refractivity contribution in [3.8, 4) is 0 Å². The number of aryl methyl sites for hydroxylation is 2. The van der Waals surface area contributed by atoms with Crippen molar-refractivity contribution < 1.29 is 9.53 Å². The summed E-state index contributed by atoms with van der Waals surface area (Å²) in [5.74, 6) is 1.68. The third-order valence-corrected chi connectivity index (χ3v) is 7.69. The van der Waals surface area contributed by atoms with Crippen molar-refractivity contribution in [1.29, 1.82) is 0 Å². The number of hydrogen-bond acceptors (Lipinski definition) is 2. The standard InChI is InChI=1S/C24H37BrO2/c1-6-19(7-2)9-8-12-27-21-10-11-22(16(3)15-21)24(26)20-13-17(4)23(25)18(5)14-20/h13-14,16,19,21-22H,6-12,15H2,1-5H3. The minimum absolute atomic E-state index is 0.134. The number of Topliss-reactive ketones (excluding diaryl/α,β-unsaturated/α-hetero) is 1. The van der Waals surface area contributed by atoms with E-state index in [4.69, 9.17) is 4.74 Å². The minimum Gasteiger partial charge on any atom is -0.378 e. The van der Waals surface area contributed by atoms with Gasteiger partial charge in [-0.05, 0) is 81.0 Å². The highest BCUT2D eigenvalue weighted by Crippen LogP contribution is 2.35. The van der Waals surface area contributed by atoms with E-state index in [2.05, 4.69) is 50.5 Å². The molecule has 1 aliphatic rings. The van der Waals surface area contributed by atoms with E-state index >= 15 is 0 Å². The second kappa shape index (κ2) is 10.8. The molecule has 1 aromatic carbocycles. The molecule has 0 bridgehead atoms. The maximum absolute atomic E-state index is 13.1. The molecule has 0 spiro atoms. The lowest BCUT2D eigenvalue weighted by atomic mass is 9.75. The van der Waals surface area contributed by atoms with Crippen molar-refractivity contribution in [2.24, 2.45) is 17.8 Å². The average Bonchev–Trinajstić information content (AvgIpc) is 2.65. The van der Waals surface area contributed by atoms with Crippen LogP contribution in [-0.4, -0.2) is 18.5 Å². The maximum atomic E-state index is 13.1. The molecule has 0 heterocycles. The zero-order valence-corrected chi connectivity index (χ0v) is 19.4. The molecule has 0 saturated heterocycles. The molecule has 2 nitrogen and oxygen atoms in total. The highest BCUT2D eigenvalue weighted by Gasteiger charge is 2.33. The summed E-state index contributed by atoms with van der Waals surface area (Å²) in [4.78, 5) is 13.1. The van der Waals surface area contributed by atoms with Crippen molar-refractivity contribution in [3.63, 3.8) is 0 Å². The number of halogens is 1. The second-order valence-corrected chi connectivity index (χ2v) is 9.30. The van der Waals surface area contributed by atoms with Crippen LogP contribution in [0, 0.1) is 31.6 Å². The monoisotopic (exact) mass is 436 g/mol. The van der Waals surface area contributed by atoms with E-state index in [-0.39, 0.29) is 5.92 Å². The minimum atomic E-state index is 0.134. The van der Waals surface area contributed by atoms with Crippen molar-refractivity contribution in [2.75, 3.05) is 6.61 Å². The van der Waals surface area contributed by atoms with Gasteiger partial charge in [-0.3, -0.25) is 4.79 Å². The zero-order chi connectivity index (χ0) is 20.0. The van der Waals surface area contributed by atoms with E-state index in [1.54, 1.807) is 0 Å². The van der Waals surface area contributed by atoms with Gasteiger partial charge in [0.25, 0.3) is 0 Å². The Kier molecular flexibility index (Phi) is 9.01. The highest BCUT2D eigenvalue weighted by molar-refractivity contribution is 9.10.